The lowest BCUT2D eigenvalue weighted by atomic mass is 9.88. The fourth-order valence-corrected chi connectivity index (χ4v) is 1.19. The third kappa shape index (κ3) is 1.16. The van der Waals surface area contributed by atoms with E-state index < -0.39 is 0 Å². The van der Waals surface area contributed by atoms with E-state index in [-0.39, 0.29) is 6.10 Å². The third-order valence-corrected chi connectivity index (χ3v) is 1.93. The van der Waals surface area contributed by atoms with Gasteiger partial charge in [0.2, 0.25) is 0 Å². The van der Waals surface area contributed by atoms with E-state index in [1.807, 2.05) is 6.07 Å². The van der Waals surface area contributed by atoms with Crippen molar-refractivity contribution in [1.82, 2.24) is 4.98 Å². The van der Waals surface area contributed by atoms with Crippen LogP contribution in [-0.4, -0.2) is 19.4 Å². The summed E-state index contributed by atoms with van der Waals surface area (Å²) in [6, 6.07) is 1.92. The van der Waals surface area contributed by atoms with Crippen LogP contribution in [0.1, 0.15) is 18.1 Å². The van der Waals surface area contributed by atoms with Crippen molar-refractivity contribution in [3.8, 4) is 0 Å². The van der Waals surface area contributed by atoms with Crippen LogP contribution in [0, 0.1) is 0 Å². The fourth-order valence-electron chi connectivity index (χ4n) is 1.19. The van der Waals surface area contributed by atoms with Crippen molar-refractivity contribution in [2.45, 2.75) is 12.5 Å². The molecule has 1 aliphatic heterocycles. The maximum Gasteiger partial charge on any atom is 0.116 e. The number of rotatable bonds is 1. The van der Waals surface area contributed by atoms with E-state index in [1.165, 1.54) is 0 Å². The van der Waals surface area contributed by atoms with Gasteiger partial charge in [-0.3, -0.25) is 4.98 Å². The molecule has 1 fully saturated rings. The van der Waals surface area contributed by atoms with Gasteiger partial charge in [0.25, 0.3) is 0 Å². The number of hydrogen-bond donors (Lipinski definition) is 0. The van der Waals surface area contributed by atoms with Crippen molar-refractivity contribution in [2.75, 3.05) is 6.61 Å². The Morgan fingerprint density at radius 2 is 2.45 bits per heavy atom. The van der Waals surface area contributed by atoms with Crippen LogP contribution in [0.4, 0.5) is 0 Å². The molecule has 54 valence electrons. The molecule has 2 rings (SSSR count). The van der Waals surface area contributed by atoms with Crippen LogP contribution < -0.4 is 5.46 Å². The SMILES string of the molecule is [B]c1cnccc1C1CCO1. The van der Waals surface area contributed by atoms with Crippen LogP contribution in [0.25, 0.3) is 0 Å². The fraction of sp³-hybridized carbons (Fsp3) is 0.375. The van der Waals surface area contributed by atoms with Crippen molar-refractivity contribution in [1.29, 1.82) is 0 Å². The van der Waals surface area contributed by atoms with Gasteiger partial charge in [-0.05, 0) is 11.6 Å². The smallest absolute Gasteiger partial charge is 0.116 e. The number of aromatic nitrogens is 1. The molecule has 1 atom stereocenters. The van der Waals surface area contributed by atoms with Gasteiger partial charge in [-0.25, -0.2) is 0 Å². The van der Waals surface area contributed by atoms with Gasteiger partial charge in [0.15, 0.2) is 0 Å². The van der Waals surface area contributed by atoms with Gasteiger partial charge in [-0.15, -0.1) is 0 Å². The van der Waals surface area contributed by atoms with Crippen LogP contribution in [0.15, 0.2) is 18.5 Å². The van der Waals surface area contributed by atoms with Crippen molar-refractivity contribution >= 4 is 13.3 Å². The highest BCUT2D eigenvalue weighted by Crippen LogP contribution is 2.26. The van der Waals surface area contributed by atoms with E-state index in [2.05, 4.69) is 4.98 Å². The number of nitrogens with zero attached hydrogens (tertiary/aromatic N) is 1. The predicted molar refractivity (Wildman–Crippen MR) is 42.9 cm³/mol. The number of hydrogen-bond acceptors (Lipinski definition) is 2. The Balaban J connectivity index is 2.28. The van der Waals surface area contributed by atoms with Crippen LogP contribution in [0.5, 0.6) is 0 Å². The Kier molecular flexibility index (Phi) is 1.66. The summed E-state index contributed by atoms with van der Waals surface area (Å²) in [5.74, 6) is 0. The number of ether oxygens (including phenoxy) is 1. The molecule has 0 bridgehead atoms. The molecule has 0 aliphatic carbocycles. The Labute approximate surface area is 67.0 Å². The van der Waals surface area contributed by atoms with Gasteiger partial charge in [-0.2, -0.15) is 0 Å². The molecule has 1 aromatic heterocycles. The first-order valence-corrected chi connectivity index (χ1v) is 3.69. The van der Waals surface area contributed by atoms with Crippen LogP contribution in [0.2, 0.25) is 0 Å². The van der Waals surface area contributed by atoms with Gasteiger partial charge >= 0.3 is 0 Å². The molecule has 1 aliphatic rings. The summed E-state index contributed by atoms with van der Waals surface area (Å²) < 4.78 is 5.29. The zero-order valence-corrected chi connectivity index (χ0v) is 6.16. The summed E-state index contributed by atoms with van der Waals surface area (Å²) in [4.78, 5) is 3.91. The van der Waals surface area contributed by atoms with Crippen LogP contribution in [-0.2, 0) is 4.74 Å². The second kappa shape index (κ2) is 2.66. The molecule has 2 radical (unpaired) electrons. The largest absolute Gasteiger partial charge is 0.373 e. The standard InChI is InChI=1S/C8H8BNO/c9-7-5-10-3-1-6(7)8-2-4-11-8/h1,3,5,8H,2,4H2. The monoisotopic (exact) mass is 145 g/mol. The second-order valence-corrected chi connectivity index (χ2v) is 2.65. The molecule has 0 aromatic carbocycles. The van der Waals surface area contributed by atoms with E-state index >= 15 is 0 Å². The zero-order valence-electron chi connectivity index (χ0n) is 6.16. The first-order valence-electron chi connectivity index (χ1n) is 3.69. The van der Waals surface area contributed by atoms with Crippen LogP contribution >= 0.6 is 0 Å². The predicted octanol–water partition coefficient (Wildman–Crippen LogP) is 0.337. The molecule has 1 unspecified atom stereocenters. The van der Waals surface area contributed by atoms with Crippen molar-refractivity contribution in [2.24, 2.45) is 0 Å². The van der Waals surface area contributed by atoms with Crippen LogP contribution in [0.3, 0.4) is 0 Å². The minimum absolute atomic E-state index is 0.220. The Morgan fingerprint density at radius 3 is 3.00 bits per heavy atom. The normalized spacial score (nSPS) is 22.7. The lowest BCUT2D eigenvalue weighted by Gasteiger charge is -2.27. The molecule has 11 heavy (non-hydrogen) atoms. The molecule has 1 saturated heterocycles. The Bertz CT molecular complexity index is 260. The van der Waals surface area contributed by atoms with Gasteiger partial charge < -0.3 is 4.74 Å². The van der Waals surface area contributed by atoms with Crippen molar-refractivity contribution < 1.29 is 4.74 Å². The lowest BCUT2D eigenvalue weighted by molar-refractivity contribution is -0.0521. The van der Waals surface area contributed by atoms with E-state index in [0.717, 1.165) is 24.1 Å². The van der Waals surface area contributed by atoms with Gasteiger partial charge in [-0.1, -0.05) is 5.46 Å². The zero-order chi connectivity index (χ0) is 7.68. The second-order valence-electron chi connectivity index (χ2n) is 2.65. The first-order chi connectivity index (χ1) is 5.38. The molecule has 0 amide bonds. The average molecular weight is 145 g/mol. The molecule has 2 nitrogen and oxygen atoms in total. The maximum atomic E-state index is 5.69. The molecule has 1 aromatic rings. The summed E-state index contributed by atoms with van der Waals surface area (Å²) in [5.41, 5.74) is 1.81. The summed E-state index contributed by atoms with van der Waals surface area (Å²) in [6.45, 7) is 0.854. The maximum absolute atomic E-state index is 5.69. The summed E-state index contributed by atoms with van der Waals surface area (Å²) in [6.07, 6.45) is 4.71. The third-order valence-electron chi connectivity index (χ3n) is 1.93. The molecule has 0 N–H and O–H groups in total. The van der Waals surface area contributed by atoms with Gasteiger partial charge in [0.1, 0.15) is 7.85 Å². The molecule has 2 heterocycles. The number of pyridine rings is 1. The average Bonchev–Trinajstić information content (AvgIpc) is 1.90. The molecule has 0 spiro atoms. The van der Waals surface area contributed by atoms with E-state index in [0.29, 0.717) is 0 Å². The molecule has 0 saturated carbocycles. The highest BCUT2D eigenvalue weighted by Gasteiger charge is 2.20. The summed E-state index contributed by atoms with van der Waals surface area (Å²) in [7, 11) is 5.69. The molecular weight excluding hydrogens is 137 g/mol. The van der Waals surface area contributed by atoms with E-state index in [4.69, 9.17) is 12.6 Å². The van der Waals surface area contributed by atoms with Crippen molar-refractivity contribution in [3.63, 3.8) is 0 Å². The Hall–Kier alpha value is -0.825. The minimum Gasteiger partial charge on any atom is -0.373 e. The quantitative estimate of drug-likeness (QED) is 0.531. The molecular formula is C8H8BNO. The minimum atomic E-state index is 0.220. The van der Waals surface area contributed by atoms with E-state index in [9.17, 15) is 0 Å². The van der Waals surface area contributed by atoms with Gasteiger partial charge in [0.05, 0.1) is 12.7 Å². The Morgan fingerprint density at radius 1 is 1.64 bits per heavy atom. The first kappa shape index (κ1) is 6.86. The topological polar surface area (TPSA) is 22.1 Å². The highest BCUT2D eigenvalue weighted by molar-refractivity contribution is 6.33. The highest BCUT2D eigenvalue weighted by atomic mass is 16.5. The lowest BCUT2D eigenvalue weighted by Crippen LogP contribution is -2.24. The summed E-state index contributed by atoms with van der Waals surface area (Å²) in [5, 5.41) is 0. The van der Waals surface area contributed by atoms with Crippen molar-refractivity contribution in [3.05, 3.63) is 24.0 Å². The molecule has 3 heteroatoms. The van der Waals surface area contributed by atoms with E-state index in [1.54, 1.807) is 12.4 Å². The summed E-state index contributed by atoms with van der Waals surface area (Å²) >= 11 is 0. The van der Waals surface area contributed by atoms with Gasteiger partial charge in [0, 0.05) is 18.8 Å².